The third-order valence-electron chi connectivity index (χ3n) is 3.27. The lowest BCUT2D eigenvalue weighted by Gasteiger charge is -2.34. The average Bonchev–Trinajstić information content (AvgIpc) is 2.41. The van der Waals surface area contributed by atoms with Crippen LogP contribution >= 0.6 is 0 Å². The lowest BCUT2D eigenvalue weighted by molar-refractivity contribution is -0.122. The monoisotopic (exact) mass is 315 g/mol. The van der Waals surface area contributed by atoms with Crippen molar-refractivity contribution in [2.45, 2.75) is 39.2 Å². The Morgan fingerprint density at radius 3 is 2.73 bits per heavy atom. The number of hydrogen-bond donors (Lipinski definition) is 2. The lowest BCUT2D eigenvalue weighted by atomic mass is 9.98. The van der Waals surface area contributed by atoms with Gasteiger partial charge in [-0.15, -0.1) is 0 Å². The highest BCUT2D eigenvalue weighted by molar-refractivity contribution is 5.74. The van der Waals surface area contributed by atoms with Gasteiger partial charge in [0, 0.05) is 19.6 Å². The molecule has 1 aliphatic heterocycles. The van der Waals surface area contributed by atoms with Crippen LogP contribution in [0.5, 0.6) is 0 Å². The van der Waals surface area contributed by atoms with E-state index in [4.69, 9.17) is 15.2 Å². The summed E-state index contributed by atoms with van der Waals surface area (Å²) in [6, 6.07) is 0. The van der Waals surface area contributed by atoms with Crippen LogP contribution in [0.1, 0.15) is 33.6 Å². The van der Waals surface area contributed by atoms with E-state index in [0.717, 1.165) is 25.9 Å². The number of primary amides is 1. The SMILES string of the molecule is CC(C)(C)OC(=O)N1CCCC(CNCCOCC(N)=O)C1. The molecule has 1 aliphatic rings. The van der Waals surface area contributed by atoms with E-state index < -0.39 is 11.5 Å². The van der Waals surface area contributed by atoms with Crippen molar-refractivity contribution >= 4 is 12.0 Å². The quantitative estimate of drug-likeness (QED) is 0.675. The number of carbonyl (C=O) groups excluding carboxylic acids is 2. The van der Waals surface area contributed by atoms with E-state index in [1.165, 1.54) is 0 Å². The van der Waals surface area contributed by atoms with E-state index in [-0.39, 0.29) is 12.7 Å². The van der Waals surface area contributed by atoms with Crippen molar-refractivity contribution < 1.29 is 19.1 Å². The number of ether oxygens (including phenoxy) is 2. The molecule has 7 nitrogen and oxygen atoms in total. The smallest absolute Gasteiger partial charge is 0.410 e. The number of likely N-dealkylation sites (tertiary alicyclic amines) is 1. The predicted octanol–water partition coefficient (Wildman–Crippen LogP) is 0.725. The number of nitrogens with zero attached hydrogens (tertiary/aromatic N) is 1. The van der Waals surface area contributed by atoms with Crippen LogP contribution < -0.4 is 11.1 Å². The summed E-state index contributed by atoms with van der Waals surface area (Å²) >= 11 is 0. The summed E-state index contributed by atoms with van der Waals surface area (Å²) in [5, 5.41) is 3.28. The summed E-state index contributed by atoms with van der Waals surface area (Å²) in [4.78, 5) is 24.3. The van der Waals surface area contributed by atoms with Gasteiger partial charge in [0.05, 0.1) is 6.61 Å². The summed E-state index contributed by atoms with van der Waals surface area (Å²) in [6.07, 6.45) is 1.85. The van der Waals surface area contributed by atoms with Crippen LogP contribution in [0.25, 0.3) is 0 Å². The highest BCUT2D eigenvalue weighted by Gasteiger charge is 2.27. The average molecular weight is 315 g/mol. The van der Waals surface area contributed by atoms with Gasteiger partial charge in [0.1, 0.15) is 12.2 Å². The van der Waals surface area contributed by atoms with Crippen LogP contribution in [0.3, 0.4) is 0 Å². The minimum atomic E-state index is -0.458. The molecule has 0 aromatic heterocycles. The maximum Gasteiger partial charge on any atom is 0.410 e. The van der Waals surface area contributed by atoms with Crippen molar-refractivity contribution in [2.24, 2.45) is 11.7 Å². The number of hydrogen-bond acceptors (Lipinski definition) is 5. The summed E-state index contributed by atoms with van der Waals surface area (Å²) in [5.74, 6) is -0.0438. The number of piperidine rings is 1. The molecule has 0 aromatic carbocycles. The first-order valence-electron chi connectivity index (χ1n) is 7.82. The largest absolute Gasteiger partial charge is 0.444 e. The Labute approximate surface area is 132 Å². The third-order valence-corrected chi connectivity index (χ3v) is 3.27. The van der Waals surface area contributed by atoms with Gasteiger partial charge in [-0.2, -0.15) is 0 Å². The molecule has 3 N–H and O–H groups in total. The fraction of sp³-hybridized carbons (Fsp3) is 0.867. The Bertz CT molecular complexity index is 368. The first-order chi connectivity index (χ1) is 10.3. The molecule has 1 unspecified atom stereocenters. The van der Waals surface area contributed by atoms with Crippen molar-refractivity contribution in [3.8, 4) is 0 Å². The molecule has 0 radical (unpaired) electrons. The summed E-state index contributed by atoms with van der Waals surface area (Å²) < 4.78 is 10.5. The number of amides is 2. The van der Waals surface area contributed by atoms with Crippen LogP contribution in [-0.4, -0.2) is 61.9 Å². The highest BCUT2D eigenvalue weighted by atomic mass is 16.6. The fourth-order valence-corrected chi connectivity index (χ4v) is 2.35. The third kappa shape index (κ3) is 8.19. The molecule has 128 valence electrons. The summed E-state index contributed by atoms with van der Waals surface area (Å²) in [6.45, 7) is 8.98. The molecule has 1 fully saturated rings. The Hall–Kier alpha value is -1.34. The Morgan fingerprint density at radius 2 is 2.09 bits per heavy atom. The second-order valence-corrected chi connectivity index (χ2v) is 6.66. The van der Waals surface area contributed by atoms with Crippen molar-refractivity contribution in [3.05, 3.63) is 0 Å². The maximum absolute atomic E-state index is 12.1. The molecule has 2 amide bonds. The second-order valence-electron chi connectivity index (χ2n) is 6.66. The van der Waals surface area contributed by atoms with Gasteiger partial charge >= 0.3 is 6.09 Å². The zero-order valence-corrected chi connectivity index (χ0v) is 13.9. The van der Waals surface area contributed by atoms with Gasteiger partial charge in [0.2, 0.25) is 5.91 Å². The minimum Gasteiger partial charge on any atom is -0.444 e. The van der Waals surface area contributed by atoms with Crippen LogP contribution in [0.4, 0.5) is 4.79 Å². The Balaban J connectivity index is 2.20. The van der Waals surface area contributed by atoms with Gasteiger partial charge in [-0.25, -0.2) is 4.79 Å². The predicted molar refractivity (Wildman–Crippen MR) is 83.4 cm³/mol. The van der Waals surface area contributed by atoms with E-state index in [1.54, 1.807) is 4.90 Å². The molecule has 1 rings (SSSR count). The van der Waals surface area contributed by atoms with Crippen LogP contribution in [0.15, 0.2) is 0 Å². The van der Waals surface area contributed by atoms with Gasteiger partial charge in [0.15, 0.2) is 0 Å². The minimum absolute atomic E-state index is 0.0441. The first-order valence-corrected chi connectivity index (χ1v) is 7.82. The van der Waals surface area contributed by atoms with Crippen LogP contribution in [-0.2, 0) is 14.3 Å². The number of rotatable bonds is 7. The van der Waals surface area contributed by atoms with Crippen molar-refractivity contribution in [1.29, 1.82) is 0 Å². The zero-order chi connectivity index (χ0) is 16.6. The van der Waals surface area contributed by atoms with Crippen molar-refractivity contribution in [2.75, 3.05) is 39.4 Å². The molecule has 22 heavy (non-hydrogen) atoms. The molecule has 0 aromatic rings. The summed E-state index contributed by atoms with van der Waals surface area (Å²) in [7, 11) is 0. The van der Waals surface area contributed by atoms with Crippen LogP contribution in [0, 0.1) is 5.92 Å². The molecule has 1 atom stereocenters. The zero-order valence-electron chi connectivity index (χ0n) is 13.9. The van der Waals surface area contributed by atoms with Gasteiger partial charge in [-0.3, -0.25) is 4.79 Å². The molecule has 0 bridgehead atoms. The molecule has 7 heteroatoms. The van der Waals surface area contributed by atoms with E-state index in [1.807, 2.05) is 20.8 Å². The van der Waals surface area contributed by atoms with Gasteiger partial charge in [-0.1, -0.05) is 0 Å². The fourth-order valence-electron chi connectivity index (χ4n) is 2.35. The van der Waals surface area contributed by atoms with Gasteiger partial charge in [0.25, 0.3) is 0 Å². The Morgan fingerprint density at radius 1 is 1.36 bits per heavy atom. The summed E-state index contributed by atoms with van der Waals surface area (Å²) in [5.41, 5.74) is 4.52. The molecular weight excluding hydrogens is 286 g/mol. The van der Waals surface area contributed by atoms with E-state index >= 15 is 0 Å². The number of nitrogens with two attached hydrogens (primary N) is 1. The number of nitrogens with one attached hydrogen (secondary N) is 1. The molecule has 1 heterocycles. The molecular formula is C15H29N3O4. The molecule has 0 spiro atoms. The van der Waals surface area contributed by atoms with Crippen LogP contribution in [0.2, 0.25) is 0 Å². The van der Waals surface area contributed by atoms with E-state index in [0.29, 0.717) is 25.6 Å². The molecule has 0 saturated carbocycles. The maximum atomic E-state index is 12.1. The van der Waals surface area contributed by atoms with E-state index in [2.05, 4.69) is 5.32 Å². The van der Waals surface area contributed by atoms with Gasteiger partial charge < -0.3 is 25.4 Å². The topological polar surface area (TPSA) is 93.9 Å². The van der Waals surface area contributed by atoms with Crippen molar-refractivity contribution in [3.63, 3.8) is 0 Å². The normalized spacial score (nSPS) is 19.0. The molecule has 1 saturated heterocycles. The number of carbonyl (C=O) groups is 2. The van der Waals surface area contributed by atoms with Crippen molar-refractivity contribution in [1.82, 2.24) is 10.2 Å². The van der Waals surface area contributed by atoms with E-state index in [9.17, 15) is 9.59 Å². The highest BCUT2D eigenvalue weighted by Crippen LogP contribution is 2.18. The first kappa shape index (κ1) is 18.7. The Kier molecular flexibility index (Phi) is 7.61. The second kappa shape index (κ2) is 8.95. The lowest BCUT2D eigenvalue weighted by Crippen LogP contribution is -2.45. The van der Waals surface area contributed by atoms with Gasteiger partial charge in [-0.05, 0) is 46.1 Å². The standard InChI is InChI=1S/C15H29N3O4/c1-15(2,3)22-14(20)18-7-4-5-12(10-18)9-17-6-8-21-11-13(16)19/h12,17H,4-11H2,1-3H3,(H2,16,19). The molecule has 0 aliphatic carbocycles.